The van der Waals surface area contributed by atoms with Crippen molar-refractivity contribution >= 4 is 54.6 Å². The van der Waals surface area contributed by atoms with Crippen molar-refractivity contribution in [1.82, 2.24) is 23.3 Å². The van der Waals surface area contributed by atoms with Crippen LogP contribution in [0.5, 0.6) is 11.5 Å². The summed E-state index contributed by atoms with van der Waals surface area (Å²) in [7, 11) is 0. The molecule has 0 spiro atoms. The number of aromatic nitrogens is 5. The topological polar surface area (TPSA) is 41.8 Å². The van der Waals surface area contributed by atoms with Crippen LogP contribution in [-0.4, -0.2) is 23.3 Å². The van der Waals surface area contributed by atoms with Crippen molar-refractivity contribution < 1.29 is 24.1 Å². The second-order valence-electron chi connectivity index (χ2n) is 22.3. The summed E-state index contributed by atoms with van der Waals surface area (Å²) in [5.41, 5.74) is 19.9. The first-order valence-corrected chi connectivity index (χ1v) is 29.3. The monoisotopic (exact) mass is 1250 g/mol. The average Bonchev–Trinajstić information content (AvgIpc) is 3.41. The summed E-state index contributed by atoms with van der Waals surface area (Å²) in [5.74, 6) is 2.34. The van der Waals surface area contributed by atoms with Gasteiger partial charge in [0.15, 0.2) is 0 Å². The minimum absolute atomic E-state index is 0.0386. The number of benzene rings is 11. The zero-order chi connectivity index (χ0) is 55.8. The zero-order valence-electron chi connectivity index (χ0n) is 46.0. The summed E-state index contributed by atoms with van der Waals surface area (Å²) in [4.78, 5) is 4.95. The van der Waals surface area contributed by atoms with Gasteiger partial charge in [0, 0.05) is 6.20 Å². The van der Waals surface area contributed by atoms with Gasteiger partial charge in [0.25, 0.3) is 0 Å². The van der Waals surface area contributed by atoms with E-state index in [1.807, 2.05) is 6.20 Å². The van der Waals surface area contributed by atoms with E-state index in [4.69, 9.17) is 9.72 Å². The van der Waals surface area contributed by atoms with Gasteiger partial charge in [-0.25, -0.2) is 0 Å². The van der Waals surface area contributed by atoms with Crippen LogP contribution in [-0.2, 0) is 24.8 Å². The van der Waals surface area contributed by atoms with Gasteiger partial charge in [0.05, 0.1) is 0 Å². The molecule has 0 atom stereocenters. The summed E-state index contributed by atoms with van der Waals surface area (Å²) < 4.78 is 17.6. The molecule has 15 aromatic rings. The number of imidazole rings is 1. The first-order valence-electron chi connectivity index (χ1n) is 28.2. The maximum absolute atomic E-state index is 6.97. The third-order valence-corrected chi connectivity index (χ3v) is 17.3. The molecular formula is C76H55N5OPt. The number of ether oxygens (including phenoxy) is 1. The van der Waals surface area contributed by atoms with E-state index >= 15 is 0 Å². The summed E-state index contributed by atoms with van der Waals surface area (Å²) in [6, 6.07) is 98.5. The Balaban J connectivity index is 0.968. The fraction of sp³-hybridized carbons (Fsp3) is 0.0526. The van der Waals surface area contributed by atoms with Crippen LogP contribution in [0.4, 0.5) is 0 Å². The van der Waals surface area contributed by atoms with Gasteiger partial charge in [0.2, 0.25) is 0 Å². The van der Waals surface area contributed by atoms with E-state index in [9.17, 15) is 0 Å². The van der Waals surface area contributed by atoms with Crippen molar-refractivity contribution in [2.75, 3.05) is 0 Å². The third-order valence-electron chi connectivity index (χ3n) is 16.3. The Bertz CT molecular complexity index is 4920. The standard InChI is InChI=1S/C76H55N5O.Pt/c1-76(2,3)53-43-44-77-74(45-53)81-70-38-19-16-35-64(70)65-42-41-57(49-73(65)81)82-56-28-22-27-54(46-56)78-50-79(72-40-21-20-39-71(72)78)75-66(60-31-12-10-29-58(60)51-23-6-4-7-24-51)47-55(80-68-36-17-14-33-62(68)63-34-15-18-37-69(63)80)48-67(75)61-32-13-11-30-59(61)52-25-8-5-9-26-52;/h4-49H,1-3H3;. The molecule has 83 heavy (non-hydrogen) atoms. The Hall–Kier alpha value is -9.87. The molecule has 15 rings (SSSR count). The molecule has 0 aliphatic rings. The fourth-order valence-corrected chi connectivity index (χ4v) is 13.5. The molecule has 0 saturated heterocycles. The van der Waals surface area contributed by atoms with Crippen LogP contribution in [0.25, 0.3) is 122 Å². The van der Waals surface area contributed by atoms with Crippen molar-refractivity contribution in [3.05, 3.63) is 289 Å². The molecule has 0 radical (unpaired) electrons. The van der Waals surface area contributed by atoms with E-state index in [1.54, 1.807) is 0 Å². The summed E-state index contributed by atoms with van der Waals surface area (Å²) in [5, 5.41) is 4.74. The minimum atomic E-state index is -0.0386. The first kappa shape index (κ1) is 50.1. The number of para-hydroxylation sites is 5. The summed E-state index contributed by atoms with van der Waals surface area (Å²) in [6.07, 6.45) is 1.93. The molecule has 4 heterocycles. The molecule has 0 aliphatic carbocycles. The Morgan fingerprint density at radius 1 is 0.337 bits per heavy atom. The first-order chi connectivity index (χ1) is 40.7. The van der Waals surface area contributed by atoms with Gasteiger partial charge in [-0.05, 0) is 17.0 Å². The molecule has 0 amide bonds. The van der Waals surface area contributed by atoms with Crippen LogP contribution >= 0.6 is 0 Å². The number of hydrogen-bond acceptors (Lipinski definition) is 2. The van der Waals surface area contributed by atoms with E-state index in [0.717, 1.165) is 121 Å². The van der Waals surface area contributed by atoms with Gasteiger partial charge in [-0.1, -0.05) is 32.9 Å². The molecule has 6 nitrogen and oxygen atoms in total. The SMILES string of the molecule is CC(C)(C)c1ccnc(-n2c3ccccc3c3ccc(Oc4cccc(-n5[c](=[Pt])n(-c6c(-c7ccccc7-c7ccccc7)cc(-n7c8ccccc8c8ccccc87)cc6-c6ccccc6-c6ccccc6)c6ccccc65)c4)cc32)c1. The molecule has 11 aromatic carbocycles. The number of nitrogens with zero attached hydrogens (tertiary/aromatic N) is 5. The summed E-state index contributed by atoms with van der Waals surface area (Å²) >= 11 is 2.57. The van der Waals surface area contributed by atoms with Crippen LogP contribution in [0.1, 0.15) is 26.3 Å². The molecule has 0 aliphatic heterocycles. The van der Waals surface area contributed by atoms with E-state index in [1.165, 1.54) is 21.7 Å². The molecule has 0 bridgehead atoms. The van der Waals surface area contributed by atoms with Crippen molar-refractivity contribution in [2.45, 2.75) is 26.2 Å². The van der Waals surface area contributed by atoms with Crippen LogP contribution in [0, 0.1) is 3.80 Å². The van der Waals surface area contributed by atoms with Crippen molar-refractivity contribution in [3.8, 4) is 78.9 Å². The average molecular weight is 1250 g/mol. The van der Waals surface area contributed by atoms with E-state index in [2.05, 4.69) is 331 Å². The quantitative estimate of drug-likeness (QED) is 0.137. The number of pyridine rings is 1. The molecule has 400 valence electrons. The van der Waals surface area contributed by atoms with Gasteiger partial charge >= 0.3 is 439 Å². The second-order valence-corrected chi connectivity index (χ2v) is 23.3. The van der Waals surface area contributed by atoms with Gasteiger partial charge in [0.1, 0.15) is 0 Å². The maximum atomic E-state index is 6.97. The predicted molar refractivity (Wildman–Crippen MR) is 339 cm³/mol. The van der Waals surface area contributed by atoms with Crippen molar-refractivity contribution in [2.24, 2.45) is 0 Å². The third kappa shape index (κ3) is 8.60. The van der Waals surface area contributed by atoms with Gasteiger partial charge in [-0.2, -0.15) is 0 Å². The molecule has 7 heteroatoms. The predicted octanol–water partition coefficient (Wildman–Crippen LogP) is 19.8. The Kier molecular flexibility index (Phi) is 12.2. The molecule has 0 unspecified atom stereocenters. The Morgan fingerprint density at radius 3 is 1.37 bits per heavy atom. The molecular weight excluding hydrogens is 1190 g/mol. The molecule has 0 saturated carbocycles. The van der Waals surface area contributed by atoms with E-state index in [-0.39, 0.29) is 5.41 Å². The van der Waals surface area contributed by atoms with Gasteiger partial charge in [-0.3, -0.25) is 0 Å². The van der Waals surface area contributed by atoms with E-state index in [0.29, 0.717) is 0 Å². The van der Waals surface area contributed by atoms with Crippen LogP contribution < -0.4 is 4.74 Å². The molecule has 4 aromatic heterocycles. The van der Waals surface area contributed by atoms with Crippen LogP contribution in [0.3, 0.4) is 0 Å². The number of hydrogen-bond donors (Lipinski definition) is 0. The van der Waals surface area contributed by atoms with E-state index < -0.39 is 0 Å². The molecule has 0 N–H and O–H groups in total. The molecule has 0 fully saturated rings. The Labute approximate surface area is 492 Å². The van der Waals surface area contributed by atoms with Crippen LogP contribution in [0.15, 0.2) is 279 Å². The fourth-order valence-electron chi connectivity index (χ4n) is 12.4. The van der Waals surface area contributed by atoms with Crippen molar-refractivity contribution in [3.63, 3.8) is 0 Å². The Morgan fingerprint density at radius 2 is 0.807 bits per heavy atom. The van der Waals surface area contributed by atoms with Crippen molar-refractivity contribution in [1.29, 1.82) is 0 Å². The summed E-state index contributed by atoms with van der Waals surface area (Å²) in [6.45, 7) is 6.73. The van der Waals surface area contributed by atoms with Crippen LogP contribution in [0.2, 0.25) is 0 Å². The second kappa shape index (κ2) is 20.3. The zero-order valence-corrected chi connectivity index (χ0v) is 48.3. The normalized spacial score (nSPS) is 11.9. The number of fused-ring (bicyclic) bond motifs is 7. The van der Waals surface area contributed by atoms with Gasteiger partial charge < -0.3 is 0 Å². The van der Waals surface area contributed by atoms with Gasteiger partial charge in [-0.15, -0.1) is 0 Å². The number of rotatable bonds is 10.